The number of hydrogen-bond acceptors (Lipinski definition) is 5. The van der Waals surface area contributed by atoms with Crippen LogP contribution in [0.1, 0.15) is 52.8 Å². The van der Waals surface area contributed by atoms with Crippen LogP contribution in [0.4, 0.5) is 13.2 Å². The molecule has 1 unspecified atom stereocenters. The van der Waals surface area contributed by atoms with Crippen molar-refractivity contribution >= 4 is 11.7 Å². The Balaban J connectivity index is 2.19. The number of alkyl halides is 3. The summed E-state index contributed by atoms with van der Waals surface area (Å²) >= 11 is 0. The van der Waals surface area contributed by atoms with E-state index >= 15 is 0 Å². The summed E-state index contributed by atoms with van der Waals surface area (Å²) in [5.74, 6) is -0.425. The number of hydrogen-bond donors (Lipinski definition) is 0. The van der Waals surface area contributed by atoms with Crippen molar-refractivity contribution < 1.29 is 27.5 Å². The number of carbonyl (C=O) groups is 2. The lowest BCUT2D eigenvalue weighted by molar-refractivity contribution is -0.154. The standard InChI is InChI=1S/C21H24F3N3O3/c1-12-6-17(10-25-19(12)30-11-21(22,23)24)15(4)27(5)20(29)16-7-13(2)26-18(9-16)8-14(3)28/h6-7,9-10,15H,8,11H2,1-5H3. The molecule has 2 rings (SSSR count). The Morgan fingerprint density at radius 1 is 1.20 bits per heavy atom. The fourth-order valence-corrected chi connectivity index (χ4v) is 2.92. The highest BCUT2D eigenvalue weighted by Gasteiger charge is 2.29. The number of aryl methyl sites for hydroxylation is 2. The number of Topliss-reactive ketones (excluding diaryl/α,β-unsaturated/α-hetero) is 1. The largest absolute Gasteiger partial charge is 0.468 e. The Hall–Kier alpha value is -2.97. The molecule has 6 nitrogen and oxygen atoms in total. The smallest absolute Gasteiger partial charge is 0.422 e. The topological polar surface area (TPSA) is 72.4 Å². The van der Waals surface area contributed by atoms with Crippen LogP contribution in [-0.2, 0) is 11.2 Å². The number of halogens is 3. The molecule has 0 saturated carbocycles. The Kier molecular flexibility index (Phi) is 7.17. The van der Waals surface area contributed by atoms with E-state index in [4.69, 9.17) is 4.74 Å². The van der Waals surface area contributed by atoms with Gasteiger partial charge in [-0.2, -0.15) is 13.2 Å². The van der Waals surface area contributed by atoms with Crippen molar-refractivity contribution in [2.45, 2.75) is 46.3 Å². The van der Waals surface area contributed by atoms with E-state index in [0.717, 1.165) is 0 Å². The highest BCUT2D eigenvalue weighted by molar-refractivity contribution is 5.94. The average Bonchev–Trinajstić information content (AvgIpc) is 2.63. The van der Waals surface area contributed by atoms with Gasteiger partial charge in [0.1, 0.15) is 5.78 Å². The molecule has 0 N–H and O–H groups in total. The van der Waals surface area contributed by atoms with Crippen molar-refractivity contribution in [1.82, 2.24) is 14.9 Å². The molecular weight excluding hydrogens is 399 g/mol. The van der Waals surface area contributed by atoms with Gasteiger partial charge in [0.15, 0.2) is 6.61 Å². The fraction of sp³-hybridized carbons (Fsp3) is 0.429. The number of aromatic nitrogens is 2. The van der Waals surface area contributed by atoms with Crippen molar-refractivity contribution in [2.75, 3.05) is 13.7 Å². The molecule has 30 heavy (non-hydrogen) atoms. The molecule has 0 aliphatic carbocycles. The van der Waals surface area contributed by atoms with Crippen molar-refractivity contribution in [1.29, 1.82) is 0 Å². The van der Waals surface area contributed by atoms with Crippen LogP contribution in [0, 0.1) is 13.8 Å². The van der Waals surface area contributed by atoms with Crippen LogP contribution >= 0.6 is 0 Å². The zero-order chi connectivity index (χ0) is 22.6. The summed E-state index contributed by atoms with van der Waals surface area (Å²) in [6.07, 6.45) is -2.91. The first kappa shape index (κ1) is 23.3. The van der Waals surface area contributed by atoms with Gasteiger partial charge in [-0.25, -0.2) is 4.98 Å². The predicted octanol–water partition coefficient (Wildman–Crippen LogP) is 4.00. The number of rotatable bonds is 7. The van der Waals surface area contributed by atoms with Gasteiger partial charge in [-0.1, -0.05) is 0 Å². The molecule has 0 fully saturated rings. The molecule has 0 spiro atoms. The van der Waals surface area contributed by atoms with Gasteiger partial charge in [-0.05, 0) is 51.5 Å². The van der Waals surface area contributed by atoms with Crippen LogP contribution in [0.2, 0.25) is 0 Å². The molecule has 0 bridgehead atoms. The first-order chi connectivity index (χ1) is 13.9. The SMILES string of the molecule is CC(=O)Cc1cc(C(=O)N(C)C(C)c2cnc(OCC(F)(F)F)c(C)c2)cc(C)n1. The molecule has 1 atom stereocenters. The lowest BCUT2D eigenvalue weighted by atomic mass is 10.1. The summed E-state index contributed by atoms with van der Waals surface area (Å²) in [7, 11) is 1.62. The molecule has 162 valence electrons. The molecule has 2 heterocycles. The number of ketones is 1. The van der Waals surface area contributed by atoms with Crippen LogP contribution in [0.25, 0.3) is 0 Å². The molecular formula is C21H24F3N3O3. The summed E-state index contributed by atoms with van der Waals surface area (Å²) in [6, 6.07) is 4.49. The summed E-state index contributed by atoms with van der Waals surface area (Å²) in [5.41, 5.74) is 2.64. The summed E-state index contributed by atoms with van der Waals surface area (Å²) in [4.78, 5) is 34.1. The van der Waals surface area contributed by atoms with E-state index in [-0.39, 0.29) is 24.0 Å². The van der Waals surface area contributed by atoms with E-state index < -0.39 is 18.8 Å². The normalized spacial score (nSPS) is 12.4. The van der Waals surface area contributed by atoms with Crippen molar-refractivity contribution in [3.05, 3.63) is 52.5 Å². The molecule has 9 heteroatoms. The highest BCUT2D eigenvalue weighted by Crippen LogP contribution is 2.26. The van der Waals surface area contributed by atoms with Gasteiger partial charge >= 0.3 is 6.18 Å². The third-order valence-electron chi connectivity index (χ3n) is 4.49. The average molecular weight is 423 g/mol. The maximum absolute atomic E-state index is 13.0. The van der Waals surface area contributed by atoms with Gasteiger partial charge in [0, 0.05) is 42.2 Å². The number of amides is 1. The second kappa shape index (κ2) is 9.23. The zero-order valence-electron chi connectivity index (χ0n) is 17.5. The van der Waals surface area contributed by atoms with E-state index in [1.165, 1.54) is 18.0 Å². The van der Waals surface area contributed by atoms with Crippen LogP contribution in [0.5, 0.6) is 5.88 Å². The highest BCUT2D eigenvalue weighted by atomic mass is 19.4. The van der Waals surface area contributed by atoms with Crippen molar-refractivity contribution in [3.63, 3.8) is 0 Å². The lowest BCUT2D eigenvalue weighted by Crippen LogP contribution is -2.30. The first-order valence-electron chi connectivity index (χ1n) is 9.27. The minimum atomic E-state index is -4.45. The maximum Gasteiger partial charge on any atom is 0.422 e. The predicted molar refractivity (Wildman–Crippen MR) is 104 cm³/mol. The Labute approximate surface area is 173 Å². The molecule has 2 aromatic rings. The summed E-state index contributed by atoms with van der Waals surface area (Å²) in [5, 5.41) is 0. The third-order valence-corrected chi connectivity index (χ3v) is 4.49. The van der Waals surface area contributed by atoms with Crippen LogP contribution in [0.3, 0.4) is 0 Å². The molecule has 0 radical (unpaired) electrons. The number of ether oxygens (including phenoxy) is 1. The maximum atomic E-state index is 13.0. The summed E-state index contributed by atoms with van der Waals surface area (Å²) in [6.45, 7) is 5.16. The van der Waals surface area contributed by atoms with E-state index in [1.54, 1.807) is 46.0 Å². The molecule has 1 amide bonds. The number of carbonyl (C=O) groups excluding carboxylic acids is 2. The Morgan fingerprint density at radius 2 is 1.87 bits per heavy atom. The van der Waals surface area contributed by atoms with E-state index in [1.807, 2.05) is 0 Å². The molecule has 0 aliphatic heterocycles. The van der Waals surface area contributed by atoms with Gasteiger partial charge in [0.05, 0.1) is 6.04 Å². The molecule has 0 saturated heterocycles. The third kappa shape index (κ3) is 6.27. The summed E-state index contributed by atoms with van der Waals surface area (Å²) < 4.78 is 41.7. The van der Waals surface area contributed by atoms with E-state index in [2.05, 4.69) is 9.97 Å². The van der Waals surface area contributed by atoms with E-state index in [9.17, 15) is 22.8 Å². The lowest BCUT2D eigenvalue weighted by Gasteiger charge is -2.26. The second-order valence-electron chi connectivity index (χ2n) is 7.25. The molecule has 0 aromatic carbocycles. The van der Waals surface area contributed by atoms with Gasteiger partial charge in [-0.3, -0.25) is 14.6 Å². The van der Waals surface area contributed by atoms with Crippen molar-refractivity contribution in [3.8, 4) is 5.88 Å². The number of pyridine rings is 2. The molecule has 0 aliphatic rings. The van der Waals surface area contributed by atoms with Crippen LogP contribution in [0.15, 0.2) is 24.4 Å². The zero-order valence-corrected chi connectivity index (χ0v) is 17.5. The van der Waals surface area contributed by atoms with Crippen LogP contribution < -0.4 is 4.74 Å². The second-order valence-corrected chi connectivity index (χ2v) is 7.25. The minimum absolute atomic E-state index is 0.0531. The first-order valence-corrected chi connectivity index (χ1v) is 9.27. The molecule has 2 aromatic heterocycles. The van der Waals surface area contributed by atoms with Gasteiger partial charge in [0.25, 0.3) is 5.91 Å². The fourth-order valence-electron chi connectivity index (χ4n) is 2.92. The van der Waals surface area contributed by atoms with Gasteiger partial charge in [-0.15, -0.1) is 0 Å². The number of nitrogens with zero attached hydrogens (tertiary/aromatic N) is 3. The van der Waals surface area contributed by atoms with Crippen molar-refractivity contribution in [2.24, 2.45) is 0 Å². The minimum Gasteiger partial charge on any atom is -0.468 e. The van der Waals surface area contributed by atoms with Crippen LogP contribution in [-0.4, -0.2) is 46.4 Å². The quantitative estimate of drug-likeness (QED) is 0.673. The monoisotopic (exact) mass is 423 g/mol. The Morgan fingerprint density at radius 3 is 2.43 bits per heavy atom. The van der Waals surface area contributed by atoms with E-state index in [0.29, 0.717) is 28.1 Å². The van der Waals surface area contributed by atoms with Gasteiger partial charge < -0.3 is 9.64 Å². The Bertz CT molecular complexity index is 945. The van der Waals surface area contributed by atoms with Gasteiger partial charge in [0.2, 0.25) is 5.88 Å².